The summed E-state index contributed by atoms with van der Waals surface area (Å²) < 4.78 is 5.37. The first-order chi connectivity index (χ1) is 13.7. The molecule has 0 aliphatic rings. The number of anilines is 1. The predicted octanol–water partition coefficient (Wildman–Crippen LogP) is 4.82. The Morgan fingerprint density at radius 2 is 2.00 bits per heavy atom. The summed E-state index contributed by atoms with van der Waals surface area (Å²) in [5, 5.41) is 6.18. The molecule has 2 aromatic carbocycles. The number of nitrogens with one attached hydrogen (secondary N) is 2. The van der Waals surface area contributed by atoms with Gasteiger partial charge in [-0.1, -0.05) is 36.0 Å². The minimum Gasteiger partial charge on any atom is -0.496 e. The molecule has 2 N–H and O–H groups in total. The lowest BCUT2D eigenvalue weighted by Gasteiger charge is -2.05. The highest BCUT2D eigenvalue weighted by Crippen LogP contribution is 2.32. The Morgan fingerprint density at radius 3 is 2.86 bits per heavy atom. The van der Waals surface area contributed by atoms with E-state index in [4.69, 9.17) is 4.74 Å². The standard InChI is InChI=1S/C20H18N4O2S2/c1-26-17-9-5-2-6-13(17)16-12-28-20(23-16)24-18(25)10-11-27-19-21-14-7-3-4-8-15(14)22-19/h2-9,12H,10-11H2,1H3,(H,21,22)(H,23,24,25). The van der Waals surface area contributed by atoms with Crippen molar-refractivity contribution in [1.29, 1.82) is 0 Å². The maximum Gasteiger partial charge on any atom is 0.226 e. The number of thioether (sulfide) groups is 1. The van der Waals surface area contributed by atoms with Crippen LogP contribution in [0, 0.1) is 0 Å². The van der Waals surface area contributed by atoms with Gasteiger partial charge in [-0.15, -0.1) is 11.3 Å². The molecule has 0 saturated heterocycles. The molecule has 0 bridgehead atoms. The predicted molar refractivity (Wildman–Crippen MR) is 114 cm³/mol. The third-order valence-corrected chi connectivity index (χ3v) is 5.70. The lowest BCUT2D eigenvalue weighted by atomic mass is 10.1. The number of benzene rings is 2. The topological polar surface area (TPSA) is 79.9 Å². The van der Waals surface area contributed by atoms with Gasteiger partial charge in [0.25, 0.3) is 0 Å². The van der Waals surface area contributed by atoms with Crippen molar-refractivity contribution in [2.75, 3.05) is 18.2 Å². The zero-order chi connectivity index (χ0) is 19.3. The van der Waals surface area contributed by atoms with Gasteiger partial charge in [-0.25, -0.2) is 9.97 Å². The van der Waals surface area contributed by atoms with E-state index < -0.39 is 0 Å². The van der Waals surface area contributed by atoms with E-state index in [2.05, 4.69) is 20.3 Å². The summed E-state index contributed by atoms with van der Waals surface area (Å²) in [5.41, 5.74) is 3.62. The maximum atomic E-state index is 12.2. The number of carbonyl (C=O) groups is 1. The van der Waals surface area contributed by atoms with Crippen molar-refractivity contribution in [2.24, 2.45) is 0 Å². The lowest BCUT2D eigenvalue weighted by Crippen LogP contribution is -2.12. The van der Waals surface area contributed by atoms with Crippen LogP contribution in [0.2, 0.25) is 0 Å². The fourth-order valence-corrected chi connectivity index (χ4v) is 4.28. The number of imidazole rings is 1. The molecule has 0 aliphatic heterocycles. The molecule has 0 aliphatic carbocycles. The molecule has 2 aromatic heterocycles. The Hall–Kier alpha value is -2.84. The van der Waals surface area contributed by atoms with Crippen LogP contribution in [0.5, 0.6) is 5.75 Å². The highest BCUT2D eigenvalue weighted by atomic mass is 32.2. The van der Waals surface area contributed by atoms with Crippen LogP contribution < -0.4 is 10.1 Å². The normalized spacial score (nSPS) is 10.9. The second-order valence-electron chi connectivity index (χ2n) is 5.94. The van der Waals surface area contributed by atoms with Crippen molar-refractivity contribution in [1.82, 2.24) is 15.0 Å². The van der Waals surface area contributed by atoms with Crippen LogP contribution >= 0.6 is 23.1 Å². The fraction of sp³-hybridized carbons (Fsp3) is 0.150. The van der Waals surface area contributed by atoms with Gasteiger partial charge in [0, 0.05) is 23.1 Å². The molecular weight excluding hydrogens is 392 g/mol. The molecule has 0 radical (unpaired) electrons. The van der Waals surface area contributed by atoms with Gasteiger partial charge in [0.15, 0.2) is 10.3 Å². The van der Waals surface area contributed by atoms with Crippen LogP contribution in [0.1, 0.15) is 6.42 Å². The average Bonchev–Trinajstić information content (AvgIpc) is 3.34. The molecule has 6 nitrogen and oxygen atoms in total. The number of aromatic amines is 1. The molecule has 142 valence electrons. The number of amides is 1. The van der Waals surface area contributed by atoms with Crippen molar-refractivity contribution in [3.63, 3.8) is 0 Å². The molecule has 2 heterocycles. The summed E-state index contributed by atoms with van der Waals surface area (Å²) in [6.45, 7) is 0. The number of H-pyrrole nitrogens is 1. The molecule has 0 atom stereocenters. The summed E-state index contributed by atoms with van der Waals surface area (Å²) in [7, 11) is 1.63. The number of aromatic nitrogens is 3. The monoisotopic (exact) mass is 410 g/mol. The minimum atomic E-state index is -0.0652. The van der Waals surface area contributed by atoms with Gasteiger partial charge < -0.3 is 15.0 Å². The third-order valence-electron chi connectivity index (χ3n) is 4.07. The van der Waals surface area contributed by atoms with Crippen molar-refractivity contribution in [3.8, 4) is 17.0 Å². The van der Waals surface area contributed by atoms with Gasteiger partial charge in [0.1, 0.15) is 5.75 Å². The van der Waals surface area contributed by atoms with Crippen molar-refractivity contribution < 1.29 is 9.53 Å². The quantitative estimate of drug-likeness (QED) is 0.427. The number of ether oxygens (including phenoxy) is 1. The molecule has 0 unspecified atom stereocenters. The third kappa shape index (κ3) is 4.18. The van der Waals surface area contributed by atoms with Crippen LogP contribution in [-0.2, 0) is 4.79 Å². The number of nitrogens with zero attached hydrogens (tertiary/aromatic N) is 2. The van der Waals surface area contributed by atoms with Crippen molar-refractivity contribution in [2.45, 2.75) is 11.6 Å². The van der Waals surface area contributed by atoms with Crippen LogP contribution in [-0.4, -0.2) is 33.7 Å². The maximum absolute atomic E-state index is 12.2. The van der Waals surface area contributed by atoms with E-state index in [0.717, 1.165) is 33.2 Å². The summed E-state index contributed by atoms with van der Waals surface area (Å²) in [5.74, 6) is 1.33. The molecule has 4 rings (SSSR count). The highest BCUT2D eigenvalue weighted by molar-refractivity contribution is 7.99. The van der Waals surface area contributed by atoms with Crippen molar-refractivity contribution >= 4 is 45.2 Å². The first-order valence-electron chi connectivity index (χ1n) is 8.69. The van der Waals surface area contributed by atoms with Gasteiger partial charge in [0.2, 0.25) is 5.91 Å². The number of methoxy groups -OCH3 is 1. The van der Waals surface area contributed by atoms with E-state index in [1.807, 2.05) is 53.9 Å². The fourth-order valence-electron chi connectivity index (χ4n) is 2.73. The number of rotatable bonds is 7. The van der Waals surface area contributed by atoms with Crippen LogP contribution in [0.3, 0.4) is 0 Å². The van der Waals surface area contributed by atoms with Gasteiger partial charge in [-0.05, 0) is 24.3 Å². The second-order valence-corrected chi connectivity index (χ2v) is 7.89. The Bertz CT molecular complexity index is 1070. The second kappa shape index (κ2) is 8.45. The van der Waals surface area contributed by atoms with E-state index in [1.165, 1.54) is 23.1 Å². The molecule has 0 fully saturated rings. The van der Waals surface area contributed by atoms with Gasteiger partial charge in [0.05, 0.1) is 23.8 Å². The average molecular weight is 411 g/mol. The van der Waals surface area contributed by atoms with E-state index in [1.54, 1.807) is 7.11 Å². The number of hydrogen-bond acceptors (Lipinski definition) is 6. The summed E-state index contributed by atoms with van der Waals surface area (Å²) >= 11 is 2.93. The Balaban J connectivity index is 1.32. The number of carbonyl (C=O) groups excluding carboxylic acids is 1. The van der Waals surface area contributed by atoms with Gasteiger partial charge >= 0.3 is 0 Å². The van der Waals surface area contributed by atoms with Crippen LogP contribution in [0.25, 0.3) is 22.3 Å². The molecule has 4 aromatic rings. The number of fused-ring (bicyclic) bond motifs is 1. The van der Waals surface area contributed by atoms with Crippen LogP contribution in [0.15, 0.2) is 59.1 Å². The number of hydrogen-bond donors (Lipinski definition) is 2. The molecule has 28 heavy (non-hydrogen) atoms. The Kier molecular flexibility index (Phi) is 5.59. The molecule has 0 spiro atoms. The smallest absolute Gasteiger partial charge is 0.226 e. The van der Waals surface area contributed by atoms with Gasteiger partial charge in [-0.3, -0.25) is 4.79 Å². The van der Waals surface area contributed by atoms with Crippen molar-refractivity contribution in [3.05, 3.63) is 53.9 Å². The summed E-state index contributed by atoms with van der Waals surface area (Å²) in [6, 6.07) is 15.6. The van der Waals surface area contributed by atoms with E-state index in [9.17, 15) is 4.79 Å². The first-order valence-corrected chi connectivity index (χ1v) is 10.6. The zero-order valence-corrected chi connectivity index (χ0v) is 16.8. The lowest BCUT2D eigenvalue weighted by molar-refractivity contribution is -0.115. The van der Waals surface area contributed by atoms with E-state index in [-0.39, 0.29) is 5.91 Å². The number of thiazole rings is 1. The van der Waals surface area contributed by atoms with Gasteiger partial charge in [-0.2, -0.15) is 0 Å². The number of para-hydroxylation sites is 3. The Labute approximate surface area is 170 Å². The molecule has 0 saturated carbocycles. The zero-order valence-electron chi connectivity index (χ0n) is 15.1. The first kappa shape index (κ1) is 18.5. The van der Waals surface area contributed by atoms with Crippen LogP contribution in [0.4, 0.5) is 5.13 Å². The SMILES string of the molecule is COc1ccccc1-c1csc(NC(=O)CCSc2nc3ccccc3[nH]2)n1. The Morgan fingerprint density at radius 1 is 1.18 bits per heavy atom. The molecule has 8 heteroatoms. The molecular formula is C20H18N4O2S2. The van der Waals surface area contributed by atoms with E-state index >= 15 is 0 Å². The summed E-state index contributed by atoms with van der Waals surface area (Å²) in [4.78, 5) is 24.5. The van der Waals surface area contributed by atoms with E-state index in [0.29, 0.717) is 17.3 Å². The minimum absolute atomic E-state index is 0.0652. The molecule has 1 amide bonds. The highest BCUT2D eigenvalue weighted by Gasteiger charge is 2.12. The summed E-state index contributed by atoms with van der Waals surface area (Å²) in [6.07, 6.45) is 0.380. The largest absolute Gasteiger partial charge is 0.496 e.